The Balaban J connectivity index is 1.64. The standard InChI is InChI=1S/C18H18F2N2OS/c19-14-7-4-8-15(20)17(14)21-18(23)22-10-9-16(24-12-11-22)13-5-2-1-3-6-13/h1-8,16H,9-12H2,(H,21,23)/t16-/m0/s1. The van der Waals surface area contributed by atoms with Gasteiger partial charge in [0.2, 0.25) is 0 Å². The Morgan fingerprint density at radius 1 is 1.04 bits per heavy atom. The number of anilines is 1. The largest absolute Gasteiger partial charge is 0.324 e. The minimum atomic E-state index is -0.769. The highest BCUT2D eigenvalue weighted by molar-refractivity contribution is 7.99. The van der Waals surface area contributed by atoms with Gasteiger partial charge in [-0.3, -0.25) is 0 Å². The summed E-state index contributed by atoms with van der Waals surface area (Å²) in [6.07, 6.45) is 0.807. The van der Waals surface area contributed by atoms with Crippen LogP contribution in [0.3, 0.4) is 0 Å². The second kappa shape index (κ2) is 7.66. The van der Waals surface area contributed by atoms with Crippen LogP contribution in [0.15, 0.2) is 48.5 Å². The number of hydrogen-bond acceptors (Lipinski definition) is 2. The van der Waals surface area contributed by atoms with Crippen molar-refractivity contribution in [3.63, 3.8) is 0 Å². The lowest BCUT2D eigenvalue weighted by Crippen LogP contribution is -2.37. The van der Waals surface area contributed by atoms with Crippen LogP contribution in [0, 0.1) is 11.6 Å². The van der Waals surface area contributed by atoms with E-state index in [-0.39, 0.29) is 5.69 Å². The summed E-state index contributed by atoms with van der Waals surface area (Å²) in [4.78, 5) is 14.0. The van der Waals surface area contributed by atoms with Gasteiger partial charge in [0.15, 0.2) is 0 Å². The summed E-state index contributed by atoms with van der Waals surface area (Å²) in [7, 11) is 0. The molecule has 1 atom stereocenters. The highest BCUT2D eigenvalue weighted by Gasteiger charge is 2.23. The number of rotatable bonds is 2. The molecule has 24 heavy (non-hydrogen) atoms. The van der Waals surface area contributed by atoms with Crippen molar-refractivity contribution in [2.45, 2.75) is 11.7 Å². The Bertz CT molecular complexity index is 691. The van der Waals surface area contributed by atoms with Gasteiger partial charge < -0.3 is 10.2 Å². The average molecular weight is 348 g/mol. The first-order valence-corrected chi connectivity index (χ1v) is 8.86. The SMILES string of the molecule is O=C(Nc1c(F)cccc1F)N1CCS[C@H](c2ccccc2)CC1. The van der Waals surface area contributed by atoms with Crippen molar-refractivity contribution in [1.82, 2.24) is 4.90 Å². The van der Waals surface area contributed by atoms with Gasteiger partial charge in [0.25, 0.3) is 0 Å². The predicted octanol–water partition coefficient (Wildman–Crippen LogP) is 4.68. The molecule has 1 heterocycles. The number of urea groups is 1. The van der Waals surface area contributed by atoms with Crippen molar-refractivity contribution in [1.29, 1.82) is 0 Å². The van der Waals surface area contributed by atoms with E-state index in [1.54, 1.807) is 16.7 Å². The zero-order chi connectivity index (χ0) is 16.9. The number of amides is 2. The number of nitrogens with zero attached hydrogens (tertiary/aromatic N) is 1. The van der Waals surface area contributed by atoms with Crippen LogP contribution in [0.4, 0.5) is 19.3 Å². The first-order chi connectivity index (χ1) is 11.6. The molecule has 0 bridgehead atoms. The number of carbonyl (C=O) groups is 1. The fourth-order valence-corrected chi connectivity index (χ4v) is 3.94. The fraction of sp³-hybridized carbons (Fsp3) is 0.278. The van der Waals surface area contributed by atoms with Gasteiger partial charge in [0.1, 0.15) is 17.3 Å². The topological polar surface area (TPSA) is 32.3 Å². The molecular weight excluding hydrogens is 330 g/mol. The summed E-state index contributed by atoms with van der Waals surface area (Å²) in [6, 6.07) is 13.2. The van der Waals surface area contributed by atoms with Gasteiger partial charge in [-0.1, -0.05) is 36.4 Å². The number of carbonyl (C=O) groups excluding carboxylic acids is 1. The molecule has 6 heteroatoms. The Kier molecular flexibility index (Phi) is 5.35. The van der Waals surface area contributed by atoms with E-state index in [9.17, 15) is 13.6 Å². The number of para-hydroxylation sites is 1. The van der Waals surface area contributed by atoms with Crippen molar-refractivity contribution in [3.05, 3.63) is 65.7 Å². The van der Waals surface area contributed by atoms with Crippen LogP contribution in [0.25, 0.3) is 0 Å². The van der Waals surface area contributed by atoms with E-state index in [2.05, 4.69) is 17.4 Å². The Hall–Kier alpha value is -2.08. The molecule has 1 aliphatic rings. The van der Waals surface area contributed by atoms with Crippen LogP contribution in [0.1, 0.15) is 17.2 Å². The third-order valence-corrected chi connectivity index (χ3v) is 5.32. The van der Waals surface area contributed by atoms with E-state index < -0.39 is 17.7 Å². The molecule has 0 aromatic heterocycles. The quantitative estimate of drug-likeness (QED) is 0.855. The van der Waals surface area contributed by atoms with Crippen LogP contribution >= 0.6 is 11.8 Å². The molecule has 2 aromatic carbocycles. The summed E-state index contributed by atoms with van der Waals surface area (Å²) >= 11 is 1.80. The maximum absolute atomic E-state index is 13.7. The van der Waals surface area contributed by atoms with Gasteiger partial charge in [0.05, 0.1) is 0 Å². The van der Waals surface area contributed by atoms with E-state index >= 15 is 0 Å². The number of nitrogens with one attached hydrogen (secondary N) is 1. The van der Waals surface area contributed by atoms with Gasteiger partial charge in [-0.05, 0) is 24.1 Å². The summed E-state index contributed by atoms with van der Waals surface area (Å²) in [5.41, 5.74) is 0.851. The van der Waals surface area contributed by atoms with E-state index in [1.165, 1.54) is 11.6 Å². The molecule has 1 aliphatic heterocycles. The molecule has 2 aromatic rings. The second-order valence-electron chi connectivity index (χ2n) is 5.57. The maximum Gasteiger partial charge on any atom is 0.322 e. The van der Waals surface area contributed by atoms with E-state index in [0.717, 1.165) is 24.3 Å². The smallest absolute Gasteiger partial charge is 0.322 e. The highest BCUT2D eigenvalue weighted by Crippen LogP contribution is 2.34. The van der Waals surface area contributed by atoms with Crippen LogP contribution in [-0.4, -0.2) is 29.8 Å². The van der Waals surface area contributed by atoms with Gasteiger partial charge in [-0.2, -0.15) is 11.8 Å². The first-order valence-electron chi connectivity index (χ1n) is 7.81. The third-order valence-electron chi connectivity index (χ3n) is 3.99. The third kappa shape index (κ3) is 3.87. The molecular formula is C18H18F2N2OS. The Labute approximate surface area is 144 Å². The molecule has 0 aliphatic carbocycles. The second-order valence-corrected chi connectivity index (χ2v) is 6.88. The fourth-order valence-electron chi connectivity index (χ4n) is 2.71. The molecule has 0 radical (unpaired) electrons. The highest BCUT2D eigenvalue weighted by atomic mass is 32.2. The molecule has 0 unspecified atom stereocenters. The Morgan fingerprint density at radius 2 is 1.75 bits per heavy atom. The van der Waals surface area contributed by atoms with Crippen molar-refractivity contribution in [2.75, 3.05) is 24.2 Å². The first kappa shape index (κ1) is 16.8. The van der Waals surface area contributed by atoms with Crippen molar-refractivity contribution < 1.29 is 13.6 Å². The molecule has 3 rings (SSSR count). The van der Waals surface area contributed by atoms with Crippen molar-refractivity contribution in [2.24, 2.45) is 0 Å². The molecule has 126 valence electrons. The molecule has 1 N–H and O–H groups in total. The number of hydrogen-bond donors (Lipinski definition) is 1. The summed E-state index contributed by atoms with van der Waals surface area (Å²) in [5, 5.41) is 2.69. The van der Waals surface area contributed by atoms with Crippen molar-refractivity contribution >= 4 is 23.5 Å². The van der Waals surface area contributed by atoms with Crippen molar-refractivity contribution in [3.8, 4) is 0 Å². The lowest BCUT2D eigenvalue weighted by Gasteiger charge is -2.21. The minimum absolute atomic E-state index is 0.328. The van der Waals surface area contributed by atoms with Crippen LogP contribution in [0.2, 0.25) is 0 Å². The molecule has 1 saturated heterocycles. The lowest BCUT2D eigenvalue weighted by atomic mass is 10.1. The monoisotopic (exact) mass is 348 g/mol. The van der Waals surface area contributed by atoms with Crippen LogP contribution in [0.5, 0.6) is 0 Å². The average Bonchev–Trinajstić information content (AvgIpc) is 2.85. The van der Waals surface area contributed by atoms with Crippen LogP contribution in [-0.2, 0) is 0 Å². The Morgan fingerprint density at radius 3 is 2.46 bits per heavy atom. The molecule has 2 amide bonds. The summed E-state index contributed by atoms with van der Waals surface area (Å²) in [6.45, 7) is 1.10. The number of halogens is 2. The normalized spacial score (nSPS) is 18.1. The summed E-state index contributed by atoms with van der Waals surface area (Å²) < 4.78 is 27.3. The lowest BCUT2D eigenvalue weighted by molar-refractivity contribution is 0.215. The van der Waals surface area contributed by atoms with Gasteiger partial charge in [-0.15, -0.1) is 0 Å². The predicted molar refractivity (Wildman–Crippen MR) is 93.2 cm³/mol. The number of thioether (sulfide) groups is 1. The van der Waals surface area contributed by atoms with Gasteiger partial charge in [-0.25, -0.2) is 13.6 Å². The molecule has 1 fully saturated rings. The maximum atomic E-state index is 13.7. The molecule has 0 saturated carbocycles. The zero-order valence-corrected chi connectivity index (χ0v) is 13.9. The minimum Gasteiger partial charge on any atom is -0.324 e. The number of benzene rings is 2. The van der Waals surface area contributed by atoms with Gasteiger partial charge in [0, 0.05) is 24.1 Å². The molecule has 3 nitrogen and oxygen atoms in total. The van der Waals surface area contributed by atoms with Gasteiger partial charge >= 0.3 is 6.03 Å². The zero-order valence-electron chi connectivity index (χ0n) is 13.0. The van der Waals surface area contributed by atoms with E-state index in [4.69, 9.17) is 0 Å². The van der Waals surface area contributed by atoms with Crippen LogP contribution < -0.4 is 5.32 Å². The van der Waals surface area contributed by atoms with E-state index in [0.29, 0.717) is 18.3 Å². The summed E-state index contributed by atoms with van der Waals surface area (Å²) in [5.74, 6) is -0.753. The van der Waals surface area contributed by atoms with E-state index in [1.807, 2.05) is 18.2 Å². The molecule has 0 spiro atoms.